The predicted molar refractivity (Wildman–Crippen MR) is 33.7 cm³/mol. The van der Waals surface area contributed by atoms with Crippen LogP contribution in [0.3, 0.4) is 0 Å². The van der Waals surface area contributed by atoms with Gasteiger partial charge in [-0.05, 0) is 3.74 Å². The normalized spacial score (nSPS) is 5.38. The van der Waals surface area contributed by atoms with Crippen LogP contribution in [0, 0.1) is 7.43 Å². The van der Waals surface area contributed by atoms with Crippen molar-refractivity contribution in [1.82, 2.24) is 0 Å². The van der Waals surface area contributed by atoms with Gasteiger partial charge >= 0.3 is 0 Å². The number of hydrogen-bond donors (Lipinski definition) is 0. The van der Waals surface area contributed by atoms with Crippen LogP contribution < -0.4 is 0 Å². The summed E-state index contributed by atoms with van der Waals surface area (Å²) < 4.78 is -0.296. The Labute approximate surface area is 104 Å². The topological polar surface area (TPSA) is 17.1 Å². The van der Waals surface area contributed by atoms with E-state index in [1.54, 1.807) is 6.29 Å². The van der Waals surface area contributed by atoms with Crippen LogP contribution in [0.25, 0.3) is 0 Å². The van der Waals surface area contributed by atoms with Crippen molar-refractivity contribution in [2.24, 2.45) is 0 Å². The molecule has 0 aromatic heterocycles. The first kappa shape index (κ1) is 22.4. The van der Waals surface area contributed by atoms with Crippen molar-refractivity contribution < 1.29 is 56.1 Å². The molecule has 0 rings (SSSR count). The Balaban J connectivity index is -0.0000000267. The van der Waals surface area contributed by atoms with Gasteiger partial charge in [0, 0.05) is 51.3 Å². The van der Waals surface area contributed by atoms with Crippen molar-refractivity contribution >= 4 is 38.1 Å². The Bertz CT molecular complexity index is 44.3. The molecule has 8 heavy (non-hydrogen) atoms. The van der Waals surface area contributed by atoms with E-state index >= 15 is 0 Å². The van der Waals surface area contributed by atoms with Crippen LogP contribution in [-0.4, -0.2) is 10.0 Å². The minimum atomic E-state index is -0.296. The average Bonchev–Trinajstić information content (AvgIpc) is 1.38. The summed E-state index contributed by atoms with van der Waals surface area (Å²) in [6.45, 7) is 0. The van der Waals surface area contributed by atoms with E-state index in [1.165, 1.54) is 0 Å². The van der Waals surface area contributed by atoms with Crippen molar-refractivity contribution in [3.8, 4) is 0 Å². The fourth-order valence-electron chi connectivity index (χ4n) is 0. The molecule has 46 valence electrons. The van der Waals surface area contributed by atoms with Crippen LogP contribution >= 0.6 is 31.9 Å². The van der Waals surface area contributed by atoms with Crippen molar-refractivity contribution in [2.75, 3.05) is 0 Å². The van der Waals surface area contributed by atoms with Gasteiger partial charge in [-0.15, -0.1) is 31.9 Å². The number of alkyl halides is 2. The van der Waals surface area contributed by atoms with Crippen LogP contribution in [0.5, 0.6) is 0 Å². The fourth-order valence-corrected chi connectivity index (χ4v) is 0. The van der Waals surface area contributed by atoms with E-state index < -0.39 is 0 Å². The zero-order chi connectivity index (χ0) is 4.28. The molecule has 0 saturated carbocycles. The van der Waals surface area contributed by atoms with E-state index in [2.05, 4.69) is 31.9 Å². The summed E-state index contributed by atoms with van der Waals surface area (Å²) in [5.41, 5.74) is 0. The van der Waals surface area contributed by atoms with Gasteiger partial charge in [-0.3, -0.25) is 0 Å². The molecule has 2 radical (unpaired) electrons. The molecule has 0 heterocycles. The third-order valence-electron chi connectivity index (χ3n) is 0.0891. The van der Waals surface area contributed by atoms with E-state index in [4.69, 9.17) is 0 Å². The second kappa shape index (κ2) is 16.2. The number of hydrogen-bond acceptors (Lipinski definition) is 1. The van der Waals surface area contributed by atoms with Crippen molar-refractivity contribution in [3.05, 3.63) is 7.43 Å². The molecular formula is C3H4Br2OVY-2. The molecule has 0 bridgehead atoms. The maximum atomic E-state index is 9.29. The summed E-state index contributed by atoms with van der Waals surface area (Å²) >= 11 is 5.73. The Morgan fingerprint density at radius 3 is 1.50 bits per heavy atom. The van der Waals surface area contributed by atoms with Crippen LogP contribution in [0.2, 0.25) is 0 Å². The second-order valence-electron chi connectivity index (χ2n) is 0.419. The van der Waals surface area contributed by atoms with Gasteiger partial charge in [0.05, 0.1) is 0 Å². The third kappa shape index (κ3) is 23.9. The van der Waals surface area contributed by atoms with Crippen LogP contribution in [0.15, 0.2) is 0 Å². The molecule has 0 aliphatic rings. The first-order valence-corrected chi connectivity index (χ1v) is 2.76. The van der Waals surface area contributed by atoms with Gasteiger partial charge in [-0.25, -0.2) is 6.29 Å². The first-order valence-electron chi connectivity index (χ1n) is 0.929. The first-order chi connectivity index (χ1) is 2.27. The summed E-state index contributed by atoms with van der Waals surface area (Å²) in [7, 11) is 0. The van der Waals surface area contributed by atoms with Crippen molar-refractivity contribution in [2.45, 2.75) is 3.74 Å². The van der Waals surface area contributed by atoms with E-state index in [-0.39, 0.29) is 62.4 Å². The molecule has 0 aliphatic heterocycles. The van der Waals surface area contributed by atoms with Gasteiger partial charge in [0.1, 0.15) is 0 Å². The molecule has 0 unspecified atom stereocenters. The van der Waals surface area contributed by atoms with Gasteiger partial charge in [-0.1, -0.05) is 0 Å². The summed E-state index contributed by atoms with van der Waals surface area (Å²) in [6, 6.07) is 0. The maximum absolute atomic E-state index is 9.29. The Kier molecular flexibility index (Phi) is 45.3. The van der Waals surface area contributed by atoms with E-state index in [9.17, 15) is 4.79 Å². The minimum absolute atomic E-state index is 0. The zero-order valence-electron chi connectivity index (χ0n) is 4.27. The smallest absolute Gasteiger partial charge is 0 e. The molecule has 0 saturated heterocycles. The SMILES string of the molecule is O=[C-]C(Br)Br.[CH3-].[V].[Y]. The van der Waals surface area contributed by atoms with E-state index in [0.717, 1.165) is 0 Å². The zero-order valence-corrected chi connectivity index (χ0v) is 11.7. The maximum Gasteiger partial charge on any atom is 0 e. The summed E-state index contributed by atoms with van der Waals surface area (Å²) in [4.78, 5) is 9.29. The number of carbonyl (C=O) groups excluding carboxylic acids is 1. The monoisotopic (exact) mass is 354 g/mol. The van der Waals surface area contributed by atoms with E-state index in [0.29, 0.717) is 0 Å². The molecule has 1 nitrogen and oxygen atoms in total. The molecule has 0 aromatic carbocycles. The van der Waals surface area contributed by atoms with E-state index in [1.807, 2.05) is 0 Å². The Morgan fingerprint density at radius 1 is 1.38 bits per heavy atom. The summed E-state index contributed by atoms with van der Waals surface area (Å²) in [6.07, 6.45) is 1.61. The van der Waals surface area contributed by atoms with Crippen LogP contribution in [-0.2, 0) is 56.1 Å². The van der Waals surface area contributed by atoms with Gasteiger partial charge in [0.25, 0.3) is 0 Å². The molecular weight excluding hydrogens is 352 g/mol. The fraction of sp³-hybridized carbons (Fsp3) is 0.333. The predicted octanol–water partition coefficient (Wildman–Crippen LogP) is 1.66. The molecule has 0 spiro atoms. The second-order valence-corrected chi connectivity index (χ2v) is 3.48. The molecule has 0 atom stereocenters. The third-order valence-corrected chi connectivity index (χ3v) is 0.463. The average molecular weight is 356 g/mol. The summed E-state index contributed by atoms with van der Waals surface area (Å²) in [5.74, 6) is 0. The van der Waals surface area contributed by atoms with Gasteiger partial charge in [-0.2, -0.15) is 0 Å². The number of rotatable bonds is 1. The van der Waals surface area contributed by atoms with Gasteiger partial charge in [0.15, 0.2) is 0 Å². The Hall–Kier alpha value is 2.32. The standard InChI is InChI=1S/C2HBr2O.CH3.V.Y/c3-2(4)1-5;;;/h2H;1H3;;/q2*-1;;. The molecule has 0 aromatic rings. The molecule has 5 heteroatoms. The summed E-state index contributed by atoms with van der Waals surface area (Å²) in [5, 5.41) is 0. The van der Waals surface area contributed by atoms with Crippen molar-refractivity contribution in [1.29, 1.82) is 0 Å². The van der Waals surface area contributed by atoms with Crippen LogP contribution in [0.4, 0.5) is 0 Å². The van der Waals surface area contributed by atoms with Gasteiger partial charge in [0.2, 0.25) is 0 Å². The molecule has 0 fully saturated rings. The molecule has 0 amide bonds. The largest absolute Gasteiger partial charge is 0.540 e. The van der Waals surface area contributed by atoms with Crippen LogP contribution in [0.1, 0.15) is 0 Å². The number of halogens is 2. The Morgan fingerprint density at radius 2 is 1.50 bits per heavy atom. The quantitative estimate of drug-likeness (QED) is 0.516. The van der Waals surface area contributed by atoms with Crippen molar-refractivity contribution in [3.63, 3.8) is 0 Å². The molecule has 0 N–H and O–H groups in total. The minimum Gasteiger partial charge on any atom is -0.540 e. The van der Waals surface area contributed by atoms with Gasteiger partial charge < -0.3 is 12.2 Å². The molecule has 0 aliphatic carbocycles.